The Kier molecular flexibility index (Phi) is 6.01. The number of hydrogen-bond acceptors (Lipinski definition) is 3. The Morgan fingerprint density at radius 1 is 1.29 bits per heavy atom. The zero-order chi connectivity index (χ0) is 12.7. The van der Waals surface area contributed by atoms with E-state index >= 15 is 0 Å². The van der Waals surface area contributed by atoms with E-state index in [1.54, 1.807) is 0 Å². The van der Waals surface area contributed by atoms with Crippen LogP contribution in [0, 0.1) is 0 Å². The summed E-state index contributed by atoms with van der Waals surface area (Å²) in [7, 11) is 4.11. The van der Waals surface area contributed by atoms with Crippen molar-refractivity contribution >= 4 is 5.69 Å². The van der Waals surface area contributed by atoms with Gasteiger partial charge in [-0.2, -0.15) is 0 Å². The Hall–Kier alpha value is -1.06. The van der Waals surface area contributed by atoms with Gasteiger partial charge in [-0.1, -0.05) is 38.3 Å². The maximum atomic E-state index is 5.65. The van der Waals surface area contributed by atoms with Gasteiger partial charge in [0, 0.05) is 25.8 Å². The SMILES string of the molecule is CCCCCC(NN)c1cccc(N(C)C)c1. The summed E-state index contributed by atoms with van der Waals surface area (Å²) in [5.41, 5.74) is 5.42. The summed E-state index contributed by atoms with van der Waals surface area (Å²) in [6, 6.07) is 8.82. The molecule has 0 bridgehead atoms. The lowest BCUT2D eigenvalue weighted by molar-refractivity contribution is 0.487. The van der Waals surface area contributed by atoms with E-state index in [9.17, 15) is 0 Å². The quantitative estimate of drug-likeness (QED) is 0.434. The zero-order valence-electron chi connectivity index (χ0n) is 11.2. The van der Waals surface area contributed by atoms with Crippen molar-refractivity contribution in [3.63, 3.8) is 0 Å². The summed E-state index contributed by atoms with van der Waals surface area (Å²) < 4.78 is 0. The molecule has 1 rings (SSSR count). The van der Waals surface area contributed by atoms with Gasteiger partial charge in [-0.25, -0.2) is 0 Å². The molecule has 0 aliphatic heterocycles. The highest BCUT2D eigenvalue weighted by Crippen LogP contribution is 2.23. The predicted octanol–water partition coefficient (Wildman–Crippen LogP) is 2.84. The van der Waals surface area contributed by atoms with E-state index in [0.717, 1.165) is 6.42 Å². The van der Waals surface area contributed by atoms with Crippen LogP contribution < -0.4 is 16.2 Å². The molecule has 1 unspecified atom stereocenters. The van der Waals surface area contributed by atoms with E-state index < -0.39 is 0 Å². The van der Waals surface area contributed by atoms with Crippen molar-refractivity contribution in [2.24, 2.45) is 5.84 Å². The number of nitrogens with zero attached hydrogens (tertiary/aromatic N) is 1. The maximum absolute atomic E-state index is 5.65. The third kappa shape index (κ3) is 4.36. The molecule has 0 spiro atoms. The van der Waals surface area contributed by atoms with Gasteiger partial charge in [0.2, 0.25) is 0 Å². The molecule has 0 heterocycles. The van der Waals surface area contributed by atoms with Crippen LogP contribution in [0.25, 0.3) is 0 Å². The number of hydrazine groups is 1. The first-order valence-corrected chi connectivity index (χ1v) is 6.42. The highest BCUT2D eigenvalue weighted by Gasteiger charge is 2.09. The summed E-state index contributed by atoms with van der Waals surface area (Å²) in [4.78, 5) is 2.11. The van der Waals surface area contributed by atoms with E-state index in [1.165, 1.54) is 30.5 Å². The van der Waals surface area contributed by atoms with Gasteiger partial charge < -0.3 is 4.90 Å². The van der Waals surface area contributed by atoms with Crippen molar-refractivity contribution in [2.75, 3.05) is 19.0 Å². The van der Waals surface area contributed by atoms with Crippen molar-refractivity contribution < 1.29 is 0 Å². The Morgan fingerprint density at radius 3 is 2.65 bits per heavy atom. The molecule has 0 aliphatic carbocycles. The number of hydrogen-bond donors (Lipinski definition) is 2. The third-order valence-corrected chi connectivity index (χ3v) is 3.09. The number of nitrogens with one attached hydrogen (secondary N) is 1. The number of benzene rings is 1. The molecule has 3 heteroatoms. The van der Waals surface area contributed by atoms with E-state index in [0.29, 0.717) is 0 Å². The van der Waals surface area contributed by atoms with Crippen LogP contribution in [0.1, 0.15) is 44.2 Å². The molecule has 17 heavy (non-hydrogen) atoms. The molecule has 0 amide bonds. The molecule has 3 N–H and O–H groups in total. The largest absolute Gasteiger partial charge is 0.378 e. The van der Waals surface area contributed by atoms with Crippen LogP contribution in [0.2, 0.25) is 0 Å². The van der Waals surface area contributed by atoms with E-state index in [2.05, 4.69) is 55.6 Å². The van der Waals surface area contributed by atoms with Crippen LogP contribution in [0.4, 0.5) is 5.69 Å². The smallest absolute Gasteiger partial charge is 0.0460 e. The minimum Gasteiger partial charge on any atom is -0.378 e. The molecule has 0 saturated carbocycles. The Morgan fingerprint density at radius 2 is 2.06 bits per heavy atom. The fraction of sp³-hybridized carbons (Fsp3) is 0.571. The molecule has 0 fully saturated rings. The second-order valence-corrected chi connectivity index (χ2v) is 4.70. The van der Waals surface area contributed by atoms with E-state index in [-0.39, 0.29) is 6.04 Å². The topological polar surface area (TPSA) is 41.3 Å². The van der Waals surface area contributed by atoms with E-state index in [1.807, 2.05) is 0 Å². The first kappa shape index (κ1) is 14.0. The fourth-order valence-corrected chi connectivity index (χ4v) is 1.96. The molecule has 1 aromatic rings. The molecule has 3 nitrogen and oxygen atoms in total. The molecule has 1 atom stereocenters. The first-order valence-electron chi connectivity index (χ1n) is 6.42. The Balaban J connectivity index is 2.70. The van der Waals surface area contributed by atoms with Gasteiger partial charge in [0.15, 0.2) is 0 Å². The lowest BCUT2D eigenvalue weighted by Gasteiger charge is -2.19. The van der Waals surface area contributed by atoms with Crippen LogP contribution in [-0.2, 0) is 0 Å². The summed E-state index contributed by atoms with van der Waals surface area (Å²) in [6.45, 7) is 2.22. The number of rotatable bonds is 7. The normalized spacial score (nSPS) is 12.5. The molecule has 0 aromatic heterocycles. The van der Waals surface area contributed by atoms with Gasteiger partial charge in [0.05, 0.1) is 0 Å². The van der Waals surface area contributed by atoms with Crippen molar-refractivity contribution in [1.82, 2.24) is 5.43 Å². The fourth-order valence-electron chi connectivity index (χ4n) is 1.96. The zero-order valence-corrected chi connectivity index (χ0v) is 11.2. The molecular weight excluding hydrogens is 210 g/mol. The monoisotopic (exact) mass is 235 g/mol. The van der Waals surface area contributed by atoms with Crippen molar-refractivity contribution in [2.45, 2.75) is 38.6 Å². The van der Waals surface area contributed by atoms with Gasteiger partial charge in [-0.05, 0) is 24.1 Å². The van der Waals surface area contributed by atoms with Gasteiger partial charge >= 0.3 is 0 Å². The van der Waals surface area contributed by atoms with Gasteiger partial charge in [-0.15, -0.1) is 0 Å². The van der Waals surface area contributed by atoms with Gasteiger partial charge in [0.25, 0.3) is 0 Å². The van der Waals surface area contributed by atoms with Gasteiger partial charge in [0.1, 0.15) is 0 Å². The molecule has 0 aliphatic rings. The number of anilines is 1. The summed E-state index contributed by atoms with van der Waals surface area (Å²) in [5.74, 6) is 5.65. The molecule has 0 saturated heterocycles. The maximum Gasteiger partial charge on any atom is 0.0460 e. The van der Waals surface area contributed by atoms with Crippen molar-refractivity contribution in [3.05, 3.63) is 29.8 Å². The second kappa shape index (κ2) is 7.30. The highest BCUT2D eigenvalue weighted by atomic mass is 15.2. The van der Waals surface area contributed by atoms with Crippen molar-refractivity contribution in [1.29, 1.82) is 0 Å². The predicted molar refractivity (Wildman–Crippen MR) is 75.0 cm³/mol. The van der Waals surface area contributed by atoms with E-state index in [4.69, 9.17) is 5.84 Å². The Labute approximate surface area is 105 Å². The van der Waals surface area contributed by atoms with Crippen LogP contribution >= 0.6 is 0 Å². The minimum absolute atomic E-state index is 0.265. The Bertz CT molecular complexity index is 323. The first-order chi connectivity index (χ1) is 8.19. The van der Waals surface area contributed by atoms with Crippen LogP contribution in [0.5, 0.6) is 0 Å². The van der Waals surface area contributed by atoms with Crippen LogP contribution in [0.15, 0.2) is 24.3 Å². The summed E-state index contributed by atoms with van der Waals surface area (Å²) >= 11 is 0. The van der Waals surface area contributed by atoms with Crippen LogP contribution in [0.3, 0.4) is 0 Å². The molecule has 1 aromatic carbocycles. The lowest BCUT2D eigenvalue weighted by atomic mass is 10.0. The third-order valence-electron chi connectivity index (χ3n) is 3.09. The second-order valence-electron chi connectivity index (χ2n) is 4.70. The average Bonchev–Trinajstić information content (AvgIpc) is 2.35. The molecule has 0 radical (unpaired) electrons. The average molecular weight is 235 g/mol. The minimum atomic E-state index is 0.265. The molecule has 96 valence electrons. The van der Waals surface area contributed by atoms with Gasteiger partial charge in [-0.3, -0.25) is 11.3 Å². The standard InChI is InChI=1S/C14H25N3/c1-4-5-6-10-14(16-15)12-8-7-9-13(11-12)17(2)3/h7-9,11,14,16H,4-6,10,15H2,1-3H3. The molecular formula is C14H25N3. The summed E-state index contributed by atoms with van der Waals surface area (Å²) in [5, 5.41) is 0. The number of nitrogens with two attached hydrogens (primary N) is 1. The van der Waals surface area contributed by atoms with Crippen LogP contribution in [-0.4, -0.2) is 14.1 Å². The lowest BCUT2D eigenvalue weighted by Crippen LogP contribution is -2.28. The highest BCUT2D eigenvalue weighted by molar-refractivity contribution is 5.47. The number of unbranched alkanes of at least 4 members (excludes halogenated alkanes) is 2. The summed E-state index contributed by atoms with van der Waals surface area (Å²) in [6.07, 6.45) is 4.83. The van der Waals surface area contributed by atoms with Crippen molar-refractivity contribution in [3.8, 4) is 0 Å².